The molecule has 1 aromatic heterocycles. The molecule has 1 aromatic rings. The van der Waals surface area contributed by atoms with Gasteiger partial charge in [-0.3, -0.25) is 4.21 Å². The fourth-order valence-corrected chi connectivity index (χ4v) is 5.04. The van der Waals surface area contributed by atoms with Gasteiger partial charge in [-0.1, -0.05) is 11.6 Å². The van der Waals surface area contributed by atoms with Crippen LogP contribution >= 0.6 is 22.9 Å². The first-order valence-electron chi connectivity index (χ1n) is 7.19. The highest BCUT2D eigenvalue weighted by molar-refractivity contribution is 7.84. The molecule has 8 heteroatoms. The molecule has 0 aliphatic carbocycles. The number of halogens is 1. The van der Waals surface area contributed by atoms with E-state index in [1.54, 1.807) is 11.1 Å². The van der Waals surface area contributed by atoms with Crippen LogP contribution in [0.2, 0.25) is 4.47 Å². The van der Waals surface area contributed by atoms with E-state index in [1.807, 2.05) is 20.8 Å². The molecule has 0 radical (unpaired) electrons. The average molecular weight is 365 g/mol. The lowest BCUT2D eigenvalue weighted by Gasteiger charge is -2.28. The molecular weight excluding hydrogens is 344 g/mol. The molecule has 0 N–H and O–H groups in total. The third-order valence-corrected chi connectivity index (χ3v) is 5.90. The summed E-state index contributed by atoms with van der Waals surface area (Å²) in [6, 6.07) is -0.0147. The quantitative estimate of drug-likeness (QED) is 0.821. The number of likely N-dealkylation sites (tertiary alicyclic amines) is 1. The van der Waals surface area contributed by atoms with Gasteiger partial charge in [0.15, 0.2) is 4.47 Å². The van der Waals surface area contributed by atoms with Crippen LogP contribution in [-0.4, -0.2) is 44.1 Å². The largest absolute Gasteiger partial charge is 0.444 e. The van der Waals surface area contributed by atoms with Crippen molar-refractivity contribution in [3.05, 3.63) is 15.5 Å². The average Bonchev–Trinajstić information content (AvgIpc) is 2.96. The number of nitrogens with zero attached hydrogens (tertiary/aromatic N) is 2. The van der Waals surface area contributed by atoms with E-state index < -0.39 is 16.4 Å². The van der Waals surface area contributed by atoms with E-state index in [1.165, 1.54) is 11.3 Å². The first-order valence-corrected chi connectivity index (χ1v) is 9.87. The Bertz CT molecular complexity index is 557. The zero-order valence-corrected chi connectivity index (χ0v) is 15.4. The van der Waals surface area contributed by atoms with Crippen molar-refractivity contribution in [2.45, 2.75) is 51.0 Å². The van der Waals surface area contributed by atoms with Crippen molar-refractivity contribution in [2.75, 3.05) is 12.3 Å². The minimum absolute atomic E-state index is 0.0147. The lowest BCUT2D eigenvalue weighted by molar-refractivity contribution is 0.0241. The lowest BCUT2D eigenvalue weighted by Crippen LogP contribution is -2.42. The molecule has 22 heavy (non-hydrogen) atoms. The summed E-state index contributed by atoms with van der Waals surface area (Å²) in [4.78, 5) is 18.8. The highest BCUT2D eigenvalue weighted by Gasteiger charge is 2.33. The van der Waals surface area contributed by atoms with Crippen molar-refractivity contribution in [1.29, 1.82) is 0 Å². The summed E-state index contributed by atoms with van der Waals surface area (Å²) in [5, 5.41) is 0. The molecule has 0 unspecified atom stereocenters. The van der Waals surface area contributed by atoms with Crippen LogP contribution in [0.25, 0.3) is 0 Å². The van der Waals surface area contributed by atoms with E-state index in [4.69, 9.17) is 16.3 Å². The zero-order chi connectivity index (χ0) is 16.3. The number of carbonyl (C=O) groups is 1. The molecule has 1 aliphatic rings. The number of ether oxygens (including phenoxy) is 1. The van der Waals surface area contributed by atoms with Gasteiger partial charge >= 0.3 is 6.09 Å². The Balaban J connectivity index is 1.90. The number of carbonyl (C=O) groups excluding carboxylic acids is 1. The summed E-state index contributed by atoms with van der Waals surface area (Å²) in [6.45, 7) is 6.22. The molecule has 2 heterocycles. The Kier molecular flexibility index (Phi) is 5.85. The first-order chi connectivity index (χ1) is 10.2. The van der Waals surface area contributed by atoms with Gasteiger partial charge in [0.2, 0.25) is 0 Å². The standard InChI is InChI=1S/C14H21ClN2O3S2/c1-14(2,3)20-13(18)17-6-4-5-10(17)8-22(19)9-11-7-16-12(15)21-11/h7,10H,4-6,8-9H2,1-3H3/t10-,22+/m1/s1. The van der Waals surface area contributed by atoms with Crippen LogP contribution in [0.1, 0.15) is 38.5 Å². The van der Waals surface area contributed by atoms with Crippen LogP contribution in [0.15, 0.2) is 6.20 Å². The highest BCUT2D eigenvalue weighted by atomic mass is 35.5. The molecule has 1 fully saturated rings. The van der Waals surface area contributed by atoms with Gasteiger partial charge in [0, 0.05) is 40.2 Å². The van der Waals surface area contributed by atoms with Gasteiger partial charge in [0.25, 0.3) is 0 Å². The van der Waals surface area contributed by atoms with Crippen molar-refractivity contribution < 1.29 is 13.7 Å². The van der Waals surface area contributed by atoms with E-state index in [-0.39, 0.29) is 12.1 Å². The van der Waals surface area contributed by atoms with Gasteiger partial charge in [0.1, 0.15) is 5.60 Å². The molecule has 0 spiro atoms. The number of thiazole rings is 1. The van der Waals surface area contributed by atoms with E-state index in [0.29, 0.717) is 22.5 Å². The molecule has 5 nitrogen and oxygen atoms in total. The third-order valence-electron chi connectivity index (χ3n) is 3.21. The molecule has 1 saturated heterocycles. The maximum absolute atomic E-state index is 12.3. The third kappa shape index (κ3) is 5.21. The normalized spacial score (nSPS) is 20.2. The first kappa shape index (κ1) is 17.7. The fourth-order valence-electron chi connectivity index (χ4n) is 2.35. The summed E-state index contributed by atoms with van der Waals surface area (Å²) in [7, 11) is -1.05. The highest BCUT2D eigenvalue weighted by Crippen LogP contribution is 2.23. The lowest BCUT2D eigenvalue weighted by atomic mass is 10.2. The van der Waals surface area contributed by atoms with Crippen LogP contribution in [0.4, 0.5) is 4.79 Å². The van der Waals surface area contributed by atoms with Crippen LogP contribution < -0.4 is 0 Å². The van der Waals surface area contributed by atoms with Crippen LogP contribution in [0.3, 0.4) is 0 Å². The fraction of sp³-hybridized carbons (Fsp3) is 0.714. The van der Waals surface area contributed by atoms with Gasteiger partial charge in [-0.2, -0.15) is 0 Å². The number of aromatic nitrogens is 1. The second-order valence-corrected chi connectivity index (χ2v) is 9.50. The van der Waals surface area contributed by atoms with Crippen molar-refractivity contribution >= 4 is 39.8 Å². The number of hydrogen-bond acceptors (Lipinski definition) is 5. The molecule has 2 atom stereocenters. The van der Waals surface area contributed by atoms with Gasteiger partial charge < -0.3 is 9.64 Å². The molecule has 124 valence electrons. The van der Waals surface area contributed by atoms with E-state index >= 15 is 0 Å². The van der Waals surface area contributed by atoms with Crippen LogP contribution in [-0.2, 0) is 21.3 Å². The molecule has 1 amide bonds. The minimum atomic E-state index is -1.05. The van der Waals surface area contributed by atoms with Crippen molar-refractivity contribution in [1.82, 2.24) is 9.88 Å². The zero-order valence-electron chi connectivity index (χ0n) is 13.0. The van der Waals surface area contributed by atoms with Crippen LogP contribution in [0.5, 0.6) is 0 Å². The second-order valence-electron chi connectivity index (χ2n) is 6.30. The molecule has 0 aromatic carbocycles. The van der Waals surface area contributed by atoms with Gasteiger partial charge in [-0.25, -0.2) is 9.78 Å². The van der Waals surface area contributed by atoms with Gasteiger partial charge in [-0.15, -0.1) is 11.3 Å². The molecule has 1 aliphatic heterocycles. The monoisotopic (exact) mass is 364 g/mol. The number of hydrogen-bond donors (Lipinski definition) is 0. The Morgan fingerprint density at radius 2 is 2.32 bits per heavy atom. The van der Waals surface area contributed by atoms with Crippen LogP contribution in [0, 0.1) is 0 Å². The summed E-state index contributed by atoms with van der Waals surface area (Å²) >= 11 is 7.12. The second kappa shape index (κ2) is 7.27. The van der Waals surface area contributed by atoms with E-state index in [2.05, 4.69) is 4.98 Å². The van der Waals surface area contributed by atoms with E-state index in [0.717, 1.165) is 17.7 Å². The smallest absolute Gasteiger partial charge is 0.410 e. The summed E-state index contributed by atoms with van der Waals surface area (Å²) in [5.41, 5.74) is -0.511. The number of rotatable bonds is 4. The van der Waals surface area contributed by atoms with Crippen molar-refractivity contribution in [2.24, 2.45) is 0 Å². The number of amides is 1. The summed E-state index contributed by atoms with van der Waals surface area (Å²) in [5.74, 6) is 0.901. The Morgan fingerprint density at radius 1 is 1.59 bits per heavy atom. The predicted octanol–water partition coefficient (Wildman–Crippen LogP) is 3.44. The Hall–Kier alpha value is -0.660. The topological polar surface area (TPSA) is 59.5 Å². The molecule has 0 bridgehead atoms. The molecular formula is C14H21ClN2O3S2. The maximum atomic E-state index is 12.3. The van der Waals surface area contributed by atoms with Gasteiger partial charge in [0.05, 0.1) is 5.75 Å². The summed E-state index contributed by atoms with van der Waals surface area (Å²) in [6.07, 6.45) is 3.14. The molecule has 0 saturated carbocycles. The van der Waals surface area contributed by atoms with E-state index in [9.17, 15) is 9.00 Å². The molecule has 2 rings (SSSR count). The summed E-state index contributed by atoms with van der Waals surface area (Å²) < 4.78 is 18.2. The Labute approximate surface area is 142 Å². The van der Waals surface area contributed by atoms with Crippen molar-refractivity contribution in [3.8, 4) is 0 Å². The SMILES string of the molecule is CC(C)(C)OC(=O)N1CCC[C@@H]1C[S@](=O)Cc1cnc(Cl)s1. The Morgan fingerprint density at radius 3 is 2.91 bits per heavy atom. The minimum Gasteiger partial charge on any atom is -0.444 e. The van der Waals surface area contributed by atoms with Gasteiger partial charge in [-0.05, 0) is 33.6 Å². The maximum Gasteiger partial charge on any atom is 0.410 e. The van der Waals surface area contributed by atoms with Crippen molar-refractivity contribution in [3.63, 3.8) is 0 Å². The predicted molar refractivity (Wildman–Crippen MR) is 89.8 cm³/mol.